The predicted molar refractivity (Wildman–Crippen MR) is 101 cm³/mol. The van der Waals surface area contributed by atoms with Crippen LogP contribution in [0.25, 0.3) is 0 Å². The van der Waals surface area contributed by atoms with E-state index in [0.29, 0.717) is 12.1 Å². The van der Waals surface area contributed by atoms with Gasteiger partial charge in [0.25, 0.3) is 0 Å². The summed E-state index contributed by atoms with van der Waals surface area (Å²) in [6.07, 6.45) is 12.2. The second-order valence-corrected chi connectivity index (χ2v) is 7.36. The molecule has 1 N–H and O–H groups in total. The smallest absolute Gasteiger partial charge is 0.169 e. The Kier molecular flexibility index (Phi) is 6.85. The molecule has 1 saturated carbocycles. The van der Waals surface area contributed by atoms with E-state index in [1.54, 1.807) is 0 Å². The molecule has 0 radical (unpaired) electrons. The van der Waals surface area contributed by atoms with Gasteiger partial charge >= 0.3 is 0 Å². The Hall–Kier alpha value is -1.20. The van der Waals surface area contributed by atoms with Gasteiger partial charge in [0.05, 0.1) is 18.3 Å². The topological polar surface area (TPSA) is 37.4 Å². The average Bonchev–Trinajstić information content (AvgIpc) is 2.98. The number of nitrogens with one attached hydrogen (secondary N) is 1. The molecule has 1 aromatic heterocycles. The Morgan fingerprint density at radius 1 is 1.17 bits per heavy atom. The fourth-order valence-electron chi connectivity index (χ4n) is 3.63. The summed E-state index contributed by atoms with van der Waals surface area (Å²) in [6.45, 7) is 2.49. The molecule has 0 aromatic carbocycles. The molecule has 1 saturated heterocycles. The first-order valence-electron chi connectivity index (χ1n) is 9.38. The van der Waals surface area contributed by atoms with Crippen LogP contribution in [0.15, 0.2) is 24.4 Å². The first-order chi connectivity index (χ1) is 11.8. The molecule has 3 rings (SSSR count). The third-order valence-corrected chi connectivity index (χ3v) is 5.37. The third kappa shape index (κ3) is 5.42. The normalized spacial score (nSPS) is 22.1. The molecule has 0 bridgehead atoms. The first-order valence-corrected chi connectivity index (χ1v) is 9.79. The Balaban J connectivity index is 1.61. The van der Waals surface area contributed by atoms with Crippen molar-refractivity contribution in [1.82, 2.24) is 15.2 Å². The summed E-state index contributed by atoms with van der Waals surface area (Å²) in [5.41, 5.74) is 1.06. The maximum Gasteiger partial charge on any atom is 0.169 e. The molecule has 0 spiro atoms. The van der Waals surface area contributed by atoms with Crippen molar-refractivity contribution in [1.29, 1.82) is 0 Å². The Bertz CT molecular complexity index is 497. The highest BCUT2D eigenvalue weighted by Gasteiger charge is 2.23. The summed E-state index contributed by atoms with van der Waals surface area (Å²) in [7, 11) is 0. The lowest BCUT2D eigenvalue weighted by Gasteiger charge is -2.30. The molecule has 2 aliphatic rings. The van der Waals surface area contributed by atoms with E-state index in [4.69, 9.17) is 17.0 Å². The molecule has 24 heavy (non-hydrogen) atoms. The third-order valence-electron chi connectivity index (χ3n) is 5.00. The molecule has 5 heteroatoms. The van der Waals surface area contributed by atoms with Gasteiger partial charge in [-0.1, -0.05) is 31.7 Å². The number of thiocarbonyl (C=S) groups is 1. The number of hydrogen-bond acceptors (Lipinski definition) is 3. The first kappa shape index (κ1) is 17.6. The predicted octanol–water partition coefficient (Wildman–Crippen LogP) is 3.66. The standard InChI is InChI=1S/C19H29N3OS/c24-19(21-16-8-3-1-2-4-9-16)22(15-18-11-7-13-23-18)14-17-10-5-6-12-20-17/h5-6,10,12,16,18H,1-4,7-9,11,13-15H2,(H,21,24). The molecule has 2 fully saturated rings. The number of rotatable bonds is 5. The highest BCUT2D eigenvalue weighted by atomic mass is 32.1. The zero-order valence-electron chi connectivity index (χ0n) is 14.5. The van der Waals surface area contributed by atoms with Gasteiger partial charge < -0.3 is 15.0 Å². The summed E-state index contributed by atoms with van der Waals surface area (Å²) in [5, 5.41) is 4.49. The number of ether oxygens (including phenoxy) is 1. The fraction of sp³-hybridized carbons (Fsp3) is 0.684. The molecule has 1 atom stereocenters. The van der Waals surface area contributed by atoms with Crippen LogP contribution in [0, 0.1) is 0 Å². The zero-order valence-corrected chi connectivity index (χ0v) is 15.3. The van der Waals surface area contributed by atoms with Crippen molar-refractivity contribution in [2.24, 2.45) is 0 Å². The lowest BCUT2D eigenvalue weighted by molar-refractivity contribution is 0.0893. The van der Waals surface area contributed by atoms with Gasteiger partial charge in [-0.2, -0.15) is 0 Å². The Labute approximate surface area is 151 Å². The van der Waals surface area contributed by atoms with E-state index in [1.165, 1.54) is 38.5 Å². The van der Waals surface area contributed by atoms with Crippen molar-refractivity contribution in [2.45, 2.75) is 70.1 Å². The molecular weight excluding hydrogens is 318 g/mol. The van der Waals surface area contributed by atoms with E-state index in [0.717, 1.165) is 43.3 Å². The van der Waals surface area contributed by atoms with Gasteiger partial charge in [0, 0.05) is 25.4 Å². The number of aromatic nitrogens is 1. The van der Waals surface area contributed by atoms with E-state index in [-0.39, 0.29) is 0 Å². The Morgan fingerprint density at radius 3 is 2.67 bits per heavy atom. The minimum absolute atomic E-state index is 0.294. The molecule has 4 nitrogen and oxygen atoms in total. The summed E-state index contributed by atoms with van der Waals surface area (Å²) < 4.78 is 5.83. The van der Waals surface area contributed by atoms with E-state index >= 15 is 0 Å². The maximum absolute atomic E-state index is 5.83. The Morgan fingerprint density at radius 2 is 2.00 bits per heavy atom. The summed E-state index contributed by atoms with van der Waals surface area (Å²) in [6, 6.07) is 6.58. The molecule has 1 aliphatic heterocycles. The number of nitrogens with zero attached hydrogens (tertiary/aromatic N) is 2. The number of pyridine rings is 1. The highest BCUT2D eigenvalue weighted by molar-refractivity contribution is 7.80. The maximum atomic E-state index is 5.83. The van der Waals surface area contributed by atoms with Crippen LogP contribution in [0.5, 0.6) is 0 Å². The molecule has 1 unspecified atom stereocenters. The molecule has 1 aromatic rings. The highest BCUT2D eigenvalue weighted by Crippen LogP contribution is 2.19. The van der Waals surface area contributed by atoms with E-state index in [1.807, 2.05) is 18.3 Å². The van der Waals surface area contributed by atoms with Gasteiger partial charge in [0.2, 0.25) is 0 Å². The minimum atomic E-state index is 0.294. The second-order valence-electron chi connectivity index (χ2n) is 6.97. The zero-order chi connectivity index (χ0) is 16.6. The molecule has 132 valence electrons. The van der Waals surface area contributed by atoms with E-state index in [2.05, 4.69) is 21.3 Å². The van der Waals surface area contributed by atoms with E-state index < -0.39 is 0 Å². The summed E-state index contributed by atoms with van der Waals surface area (Å²) in [4.78, 5) is 6.72. The van der Waals surface area contributed by atoms with Crippen LogP contribution in [-0.2, 0) is 11.3 Å². The lowest BCUT2D eigenvalue weighted by Crippen LogP contribution is -2.46. The van der Waals surface area contributed by atoms with Crippen molar-refractivity contribution in [3.8, 4) is 0 Å². The fourth-order valence-corrected chi connectivity index (χ4v) is 3.94. The van der Waals surface area contributed by atoms with Crippen LogP contribution in [-0.4, -0.2) is 40.3 Å². The van der Waals surface area contributed by atoms with Crippen molar-refractivity contribution in [3.05, 3.63) is 30.1 Å². The summed E-state index contributed by atoms with van der Waals surface area (Å²) >= 11 is 5.77. The molecular formula is C19H29N3OS. The molecule has 2 heterocycles. The van der Waals surface area contributed by atoms with Crippen molar-refractivity contribution in [3.63, 3.8) is 0 Å². The van der Waals surface area contributed by atoms with Gasteiger partial charge in [0.15, 0.2) is 5.11 Å². The van der Waals surface area contributed by atoms with Crippen molar-refractivity contribution in [2.75, 3.05) is 13.2 Å². The van der Waals surface area contributed by atoms with Crippen LogP contribution < -0.4 is 5.32 Å². The second kappa shape index (κ2) is 9.33. The molecule has 1 aliphatic carbocycles. The van der Waals surface area contributed by atoms with Gasteiger partial charge in [-0.3, -0.25) is 4.98 Å². The van der Waals surface area contributed by atoms with Crippen LogP contribution in [0.1, 0.15) is 57.1 Å². The van der Waals surface area contributed by atoms with E-state index in [9.17, 15) is 0 Å². The minimum Gasteiger partial charge on any atom is -0.376 e. The van der Waals surface area contributed by atoms with Crippen LogP contribution in [0.2, 0.25) is 0 Å². The summed E-state index contributed by atoms with van der Waals surface area (Å²) in [5.74, 6) is 0. The van der Waals surface area contributed by atoms with Crippen LogP contribution in [0.3, 0.4) is 0 Å². The van der Waals surface area contributed by atoms with Crippen LogP contribution >= 0.6 is 12.2 Å². The molecule has 0 amide bonds. The van der Waals surface area contributed by atoms with Crippen LogP contribution in [0.4, 0.5) is 0 Å². The van der Waals surface area contributed by atoms with Crippen molar-refractivity contribution >= 4 is 17.3 Å². The largest absolute Gasteiger partial charge is 0.376 e. The average molecular weight is 348 g/mol. The quantitative estimate of drug-likeness (QED) is 0.650. The number of hydrogen-bond donors (Lipinski definition) is 1. The van der Waals surface area contributed by atoms with Gasteiger partial charge in [-0.15, -0.1) is 0 Å². The van der Waals surface area contributed by atoms with Gasteiger partial charge in [-0.05, 0) is 50.0 Å². The van der Waals surface area contributed by atoms with Gasteiger partial charge in [0.1, 0.15) is 0 Å². The monoisotopic (exact) mass is 347 g/mol. The van der Waals surface area contributed by atoms with Gasteiger partial charge in [-0.25, -0.2) is 0 Å². The SMILES string of the molecule is S=C(NC1CCCCCC1)N(Cc1ccccn1)CC1CCCO1. The lowest BCUT2D eigenvalue weighted by atomic mass is 10.1. The van der Waals surface area contributed by atoms with Crippen molar-refractivity contribution < 1.29 is 4.74 Å².